The monoisotopic (exact) mass is 410 g/mol. The van der Waals surface area contributed by atoms with E-state index in [2.05, 4.69) is 19.2 Å². The molecule has 1 N–H and O–H groups in total. The van der Waals surface area contributed by atoms with Crippen molar-refractivity contribution in [2.45, 2.75) is 71.0 Å². The Bertz CT molecular complexity index is 709. The van der Waals surface area contributed by atoms with Crippen LogP contribution in [0.15, 0.2) is 18.2 Å². The van der Waals surface area contributed by atoms with Gasteiger partial charge in [-0.05, 0) is 42.4 Å². The van der Waals surface area contributed by atoms with Crippen molar-refractivity contribution in [2.75, 3.05) is 0 Å². The topological polar surface area (TPSA) is 49.4 Å². The third kappa shape index (κ3) is 4.97. The Kier molecular flexibility index (Phi) is 6.69. The lowest BCUT2D eigenvalue weighted by Gasteiger charge is -2.35. The molecule has 0 radical (unpaired) electrons. The summed E-state index contributed by atoms with van der Waals surface area (Å²) < 4.78 is 0. The fourth-order valence-corrected chi connectivity index (χ4v) is 4.79. The molecule has 0 bridgehead atoms. The van der Waals surface area contributed by atoms with Crippen molar-refractivity contribution >= 4 is 35.0 Å². The van der Waals surface area contributed by atoms with Crippen molar-refractivity contribution in [2.24, 2.45) is 11.8 Å². The molecule has 2 fully saturated rings. The van der Waals surface area contributed by atoms with Gasteiger partial charge in [-0.3, -0.25) is 9.59 Å². The van der Waals surface area contributed by atoms with Gasteiger partial charge in [-0.2, -0.15) is 0 Å². The molecule has 6 heteroatoms. The van der Waals surface area contributed by atoms with Crippen molar-refractivity contribution in [3.63, 3.8) is 0 Å². The Hall–Kier alpha value is -1.26. The maximum Gasteiger partial charge on any atom is 0.223 e. The van der Waals surface area contributed by atoms with Gasteiger partial charge >= 0.3 is 0 Å². The molecule has 1 aliphatic carbocycles. The maximum atomic E-state index is 12.6. The molecule has 27 heavy (non-hydrogen) atoms. The molecule has 4 nitrogen and oxygen atoms in total. The van der Waals surface area contributed by atoms with E-state index in [0.29, 0.717) is 47.7 Å². The van der Waals surface area contributed by atoms with Crippen molar-refractivity contribution in [1.82, 2.24) is 10.2 Å². The molecule has 1 aromatic rings. The zero-order valence-corrected chi connectivity index (χ0v) is 17.5. The average Bonchev–Trinajstić information content (AvgIpc) is 2.94. The highest BCUT2D eigenvalue weighted by Crippen LogP contribution is 2.31. The molecule has 4 atom stereocenters. The van der Waals surface area contributed by atoms with E-state index in [4.69, 9.17) is 23.2 Å². The highest BCUT2D eigenvalue weighted by Gasteiger charge is 2.34. The maximum absolute atomic E-state index is 12.6. The van der Waals surface area contributed by atoms with E-state index in [9.17, 15) is 9.59 Å². The van der Waals surface area contributed by atoms with Crippen molar-refractivity contribution in [1.29, 1.82) is 0 Å². The van der Waals surface area contributed by atoms with Gasteiger partial charge in [0.05, 0.1) is 0 Å². The van der Waals surface area contributed by atoms with E-state index >= 15 is 0 Å². The predicted molar refractivity (Wildman–Crippen MR) is 109 cm³/mol. The summed E-state index contributed by atoms with van der Waals surface area (Å²) in [6, 6.07) is 5.49. The van der Waals surface area contributed by atoms with Gasteiger partial charge in [-0.25, -0.2) is 0 Å². The fraction of sp³-hybridized carbons (Fsp3) is 0.619. The molecule has 1 aliphatic heterocycles. The number of carbonyl (C=O) groups is 2. The van der Waals surface area contributed by atoms with Gasteiger partial charge in [-0.1, -0.05) is 56.0 Å². The van der Waals surface area contributed by atoms with Crippen LogP contribution >= 0.6 is 23.2 Å². The summed E-state index contributed by atoms with van der Waals surface area (Å²) in [6.07, 6.45) is 5.01. The fourth-order valence-electron chi connectivity index (χ4n) is 4.32. The van der Waals surface area contributed by atoms with Gasteiger partial charge in [0.1, 0.15) is 0 Å². The molecular formula is C21H28Cl2N2O2. The number of rotatable bonds is 5. The Labute approximate surface area is 171 Å². The molecule has 0 aromatic heterocycles. The highest BCUT2D eigenvalue weighted by molar-refractivity contribution is 6.35. The number of carbonyl (C=O) groups excluding carboxylic acids is 2. The third-order valence-corrected chi connectivity index (χ3v) is 6.87. The Morgan fingerprint density at radius 2 is 2.00 bits per heavy atom. The molecule has 1 saturated heterocycles. The Morgan fingerprint density at radius 3 is 2.74 bits per heavy atom. The van der Waals surface area contributed by atoms with Crippen LogP contribution in [0.1, 0.15) is 57.9 Å². The van der Waals surface area contributed by atoms with Crippen LogP contribution in [-0.2, 0) is 16.1 Å². The van der Waals surface area contributed by atoms with Gasteiger partial charge in [0.25, 0.3) is 0 Å². The zero-order valence-electron chi connectivity index (χ0n) is 16.0. The van der Waals surface area contributed by atoms with Crippen LogP contribution in [0.5, 0.6) is 0 Å². The number of hydrogen-bond donors (Lipinski definition) is 1. The molecule has 2 aliphatic rings. The summed E-state index contributed by atoms with van der Waals surface area (Å²) in [7, 11) is 0. The second-order valence-electron chi connectivity index (χ2n) is 8.10. The number of halogens is 2. The van der Waals surface area contributed by atoms with E-state index in [1.54, 1.807) is 17.0 Å². The summed E-state index contributed by atoms with van der Waals surface area (Å²) in [5.74, 6) is 1.27. The first-order valence-electron chi connectivity index (χ1n) is 9.88. The molecule has 1 saturated carbocycles. The summed E-state index contributed by atoms with van der Waals surface area (Å²) in [4.78, 5) is 26.8. The number of likely N-dealkylation sites (tertiary alicyclic amines) is 1. The molecule has 0 spiro atoms. The third-order valence-electron chi connectivity index (χ3n) is 6.28. The number of benzene rings is 1. The minimum Gasteiger partial charge on any atom is -0.353 e. The van der Waals surface area contributed by atoms with Gasteiger partial charge < -0.3 is 10.2 Å². The predicted octanol–water partition coefficient (Wildman–Crippen LogP) is 4.82. The average molecular weight is 411 g/mol. The minimum atomic E-state index is -0.0689. The standard InChI is InChI=1S/C21H28Cl2N2O2/c1-13-4-3-5-19(14(13)2)24-20(26)11-17-8-9-21(27)25(17)12-15-6-7-16(22)10-18(15)23/h6-7,10,13-14,17,19H,3-5,8-9,11-12H2,1-2H3,(H,24,26). The van der Waals surface area contributed by atoms with E-state index in [1.807, 2.05) is 6.07 Å². The van der Waals surface area contributed by atoms with Crippen molar-refractivity contribution < 1.29 is 9.59 Å². The number of nitrogens with zero attached hydrogens (tertiary/aromatic N) is 1. The van der Waals surface area contributed by atoms with Crippen molar-refractivity contribution in [3.8, 4) is 0 Å². The lowest BCUT2D eigenvalue weighted by Crippen LogP contribution is -2.45. The van der Waals surface area contributed by atoms with E-state index in [-0.39, 0.29) is 23.9 Å². The first kappa shape index (κ1) is 20.5. The Balaban J connectivity index is 1.61. The van der Waals surface area contributed by atoms with Gasteiger partial charge in [0.2, 0.25) is 11.8 Å². The van der Waals surface area contributed by atoms with E-state index < -0.39 is 0 Å². The first-order valence-corrected chi connectivity index (χ1v) is 10.6. The first-order chi connectivity index (χ1) is 12.8. The molecule has 2 amide bonds. The normalized spacial score (nSPS) is 28.4. The van der Waals surface area contributed by atoms with Crippen LogP contribution in [0.3, 0.4) is 0 Å². The van der Waals surface area contributed by atoms with Crippen LogP contribution in [-0.4, -0.2) is 28.8 Å². The quantitative estimate of drug-likeness (QED) is 0.756. The summed E-state index contributed by atoms with van der Waals surface area (Å²) in [5, 5.41) is 4.35. The second kappa shape index (κ2) is 8.83. The Morgan fingerprint density at radius 1 is 1.22 bits per heavy atom. The largest absolute Gasteiger partial charge is 0.353 e. The smallest absolute Gasteiger partial charge is 0.223 e. The molecule has 3 rings (SSSR count). The molecule has 1 aromatic carbocycles. The van der Waals surface area contributed by atoms with Crippen LogP contribution in [0.25, 0.3) is 0 Å². The minimum absolute atomic E-state index is 0.0489. The van der Waals surface area contributed by atoms with Crippen molar-refractivity contribution in [3.05, 3.63) is 33.8 Å². The molecule has 148 valence electrons. The van der Waals surface area contributed by atoms with Crippen LogP contribution in [0.2, 0.25) is 10.0 Å². The zero-order chi connectivity index (χ0) is 19.6. The number of hydrogen-bond acceptors (Lipinski definition) is 2. The summed E-state index contributed by atoms with van der Waals surface area (Å²) >= 11 is 12.2. The second-order valence-corrected chi connectivity index (χ2v) is 8.94. The van der Waals surface area contributed by atoms with Crippen LogP contribution < -0.4 is 5.32 Å². The number of amides is 2. The highest BCUT2D eigenvalue weighted by atomic mass is 35.5. The molecule has 1 heterocycles. The van der Waals surface area contributed by atoms with Gasteiger partial charge in [0.15, 0.2) is 0 Å². The summed E-state index contributed by atoms with van der Waals surface area (Å²) in [6.45, 7) is 4.91. The van der Waals surface area contributed by atoms with Gasteiger partial charge in [0, 0.05) is 41.5 Å². The SMILES string of the molecule is CC1CCCC(NC(=O)CC2CCC(=O)N2Cc2ccc(Cl)cc2Cl)C1C. The van der Waals surface area contributed by atoms with E-state index in [1.165, 1.54) is 12.8 Å². The number of nitrogens with one attached hydrogen (secondary N) is 1. The molecule has 4 unspecified atom stereocenters. The van der Waals surface area contributed by atoms with E-state index in [0.717, 1.165) is 12.0 Å². The van der Waals surface area contributed by atoms with Crippen LogP contribution in [0, 0.1) is 11.8 Å². The lowest BCUT2D eigenvalue weighted by molar-refractivity contribution is -0.130. The van der Waals surface area contributed by atoms with Gasteiger partial charge in [-0.15, -0.1) is 0 Å². The molecular weight excluding hydrogens is 383 g/mol. The summed E-state index contributed by atoms with van der Waals surface area (Å²) in [5.41, 5.74) is 0.858. The lowest BCUT2D eigenvalue weighted by atomic mass is 9.78. The van der Waals surface area contributed by atoms with Crippen LogP contribution in [0.4, 0.5) is 0 Å².